The highest BCUT2D eigenvalue weighted by Crippen LogP contribution is 2.72. The number of Topliss-reactive ketones (excluding diaryl/α,β-unsaturated/α-hetero) is 1. The number of carbonyl (C=O) groups excluding carboxylic acids is 1. The lowest BCUT2D eigenvalue weighted by Gasteiger charge is -2.61. The standard InChI is InChI=1S/C28H44O/c1-8-9-10-19(2)20-13-17-28(7)22-11-12-23-25(3,4)24(29)15-16-26(23,5)21(22)14-18-27(20,28)6/h8,19-20,23H,1,9-18H2,2-7H3/t19-,20-,23?,26-,27-,28+/m1/s1. The lowest BCUT2D eigenvalue weighted by molar-refractivity contribution is -0.139. The van der Waals surface area contributed by atoms with E-state index in [0.717, 1.165) is 31.1 Å². The van der Waals surface area contributed by atoms with Crippen molar-refractivity contribution in [3.63, 3.8) is 0 Å². The van der Waals surface area contributed by atoms with Crippen LogP contribution < -0.4 is 0 Å². The van der Waals surface area contributed by atoms with Gasteiger partial charge in [-0.3, -0.25) is 4.79 Å². The Morgan fingerprint density at radius 3 is 2.41 bits per heavy atom. The van der Waals surface area contributed by atoms with E-state index in [0.29, 0.717) is 22.5 Å². The molecule has 0 bridgehead atoms. The Morgan fingerprint density at radius 2 is 1.72 bits per heavy atom. The molecule has 0 saturated heterocycles. The molecular formula is C28H44O. The van der Waals surface area contributed by atoms with E-state index < -0.39 is 0 Å². The van der Waals surface area contributed by atoms with E-state index in [1.807, 2.05) is 5.57 Å². The van der Waals surface area contributed by atoms with Crippen LogP contribution in [0.25, 0.3) is 0 Å². The van der Waals surface area contributed by atoms with Crippen LogP contribution >= 0.6 is 0 Å². The normalized spacial score (nSPS) is 44.7. The highest BCUT2D eigenvalue weighted by molar-refractivity contribution is 5.85. The maximum Gasteiger partial charge on any atom is 0.138 e. The minimum atomic E-state index is -0.148. The first-order valence-electron chi connectivity index (χ1n) is 12.4. The topological polar surface area (TPSA) is 17.1 Å². The molecule has 0 aromatic heterocycles. The fourth-order valence-electron chi connectivity index (χ4n) is 9.02. The lowest BCUT2D eigenvalue weighted by atomic mass is 9.43. The molecule has 0 aromatic carbocycles. The zero-order valence-corrected chi connectivity index (χ0v) is 20.0. The van der Waals surface area contributed by atoms with Gasteiger partial charge in [-0.1, -0.05) is 58.8 Å². The molecule has 2 fully saturated rings. The van der Waals surface area contributed by atoms with Crippen molar-refractivity contribution in [2.24, 2.45) is 39.4 Å². The quantitative estimate of drug-likeness (QED) is 0.441. The molecule has 0 N–H and O–H groups in total. The maximum atomic E-state index is 12.8. The molecule has 0 heterocycles. The Hall–Kier alpha value is -0.850. The van der Waals surface area contributed by atoms with Crippen molar-refractivity contribution in [3.05, 3.63) is 23.8 Å². The Labute approximate surface area is 179 Å². The second-order valence-corrected chi connectivity index (χ2v) is 12.3. The molecule has 1 unspecified atom stereocenters. The molecule has 6 atom stereocenters. The van der Waals surface area contributed by atoms with Gasteiger partial charge in [-0.2, -0.15) is 0 Å². The van der Waals surface area contributed by atoms with Crippen molar-refractivity contribution in [2.45, 2.75) is 106 Å². The van der Waals surface area contributed by atoms with Crippen LogP contribution in [0.15, 0.2) is 23.8 Å². The molecular weight excluding hydrogens is 352 g/mol. The minimum absolute atomic E-state index is 0.148. The Balaban J connectivity index is 1.72. The summed E-state index contributed by atoms with van der Waals surface area (Å²) < 4.78 is 0. The largest absolute Gasteiger partial charge is 0.299 e. The average molecular weight is 397 g/mol. The number of fused-ring (bicyclic) bond motifs is 4. The van der Waals surface area contributed by atoms with E-state index in [4.69, 9.17) is 0 Å². The third kappa shape index (κ3) is 2.74. The predicted octanol–water partition coefficient (Wildman–Crippen LogP) is 7.91. The summed E-state index contributed by atoms with van der Waals surface area (Å²) in [6.45, 7) is 18.7. The van der Waals surface area contributed by atoms with E-state index in [1.54, 1.807) is 5.57 Å². The molecule has 4 aliphatic rings. The summed E-state index contributed by atoms with van der Waals surface area (Å²) in [5.74, 6) is 2.68. The number of carbonyl (C=O) groups is 1. The first kappa shape index (κ1) is 21.4. The van der Waals surface area contributed by atoms with Gasteiger partial charge in [-0.05, 0) is 91.8 Å². The zero-order chi connectivity index (χ0) is 21.2. The van der Waals surface area contributed by atoms with Crippen molar-refractivity contribution in [2.75, 3.05) is 0 Å². The maximum absolute atomic E-state index is 12.8. The molecule has 162 valence electrons. The molecule has 1 heteroatoms. The van der Waals surface area contributed by atoms with Crippen LogP contribution in [0.1, 0.15) is 106 Å². The summed E-state index contributed by atoms with van der Waals surface area (Å²) in [5, 5.41) is 0. The summed E-state index contributed by atoms with van der Waals surface area (Å²) in [7, 11) is 0. The summed E-state index contributed by atoms with van der Waals surface area (Å²) in [4.78, 5) is 12.8. The van der Waals surface area contributed by atoms with E-state index in [-0.39, 0.29) is 10.8 Å². The van der Waals surface area contributed by atoms with Crippen molar-refractivity contribution < 1.29 is 4.79 Å². The first-order valence-corrected chi connectivity index (χ1v) is 12.4. The highest BCUT2D eigenvalue weighted by Gasteiger charge is 2.63. The van der Waals surface area contributed by atoms with Gasteiger partial charge >= 0.3 is 0 Å². The molecule has 0 spiro atoms. The second-order valence-electron chi connectivity index (χ2n) is 12.3. The summed E-state index contributed by atoms with van der Waals surface area (Å²) in [6, 6.07) is 0. The van der Waals surface area contributed by atoms with Gasteiger partial charge in [0.25, 0.3) is 0 Å². The van der Waals surface area contributed by atoms with Crippen molar-refractivity contribution >= 4 is 5.78 Å². The molecule has 0 aliphatic heterocycles. The van der Waals surface area contributed by atoms with Gasteiger partial charge in [0.1, 0.15) is 5.78 Å². The molecule has 1 nitrogen and oxygen atoms in total. The molecule has 0 radical (unpaired) electrons. The van der Waals surface area contributed by atoms with E-state index in [2.05, 4.69) is 54.2 Å². The van der Waals surface area contributed by atoms with Gasteiger partial charge in [0.2, 0.25) is 0 Å². The molecule has 4 rings (SSSR count). The van der Waals surface area contributed by atoms with E-state index in [9.17, 15) is 4.79 Å². The fraction of sp³-hybridized carbons (Fsp3) is 0.821. The zero-order valence-electron chi connectivity index (χ0n) is 20.0. The number of hydrogen-bond acceptors (Lipinski definition) is 1. The van der Waals surface area contributed by atoms with E-state index >= 15 is 0 Å². The SMILES string of the molecule is C=CCC[C@@H](C)[C@H]1CC[C@@]2(C)C3=C(CC[C@]12C)[C@@]1(C)CCC(=O)C(C)(C)C1CC3. The van der Waals surface area contributed by atoms with Gasteiger partial charge in [0.15, 0.2) is 0 Å². The van der Waals surface area contributed by atoms with Gasteiger partial charge in [0, 0.05) is 11.8 Å². The number of ketones is 1. The fourth-order valence-corrected chi connectivity index (χ4v) is 9.02. The molecule has 0 amide bonds. The van der Waals surface area contributed by atoms with Crippen molar-refractivity contribution in [1.82, 2.24) is 0 Å². The lowest BCUT2D eigenvalue weighted by Crippen LogP contribution is -2.53. The number of hydrogen-bond donors (Lipinski definition) is 0. The summed E-state index contributed by atoms with van der Waals surface area (Å²) in [6.07, 6.45) is 14.3. The van der Waals surface area contributed by atoms with Gasteiger partial charge in [-0.25, -0.2) is 0 Å². The number of rotatable bonds is 4. The van der Waals surface area contributed by atoms with Gasteiger partial charge < -0.3 is 0 Å². The van der Waals surface area contributed by atoms with Crippen LogP contribution in [0.3, 0.4) is 0 Å². The van der Waals surface area contributed by atoms with Crippen LogP contribution in [0.5, 0.6) is 0 Å². The molecule has 4 aliphatic carbocycles. The molecule has 29 heavy (non-hydrogen) atoms. The number of allylic oxidation sites excluding steroid dienone is 3. The first-order chi connectivity index (χ1) is 13.5. The van der Waals surface area contributed by atoms with Crippen LogP contribution in [0.4, 0.5) is 0 Å². The Bertz CT molecular complexity index is 741. The summed E-state index contributed by atoms with van der Waals surface area (Å²) in [5.41, 5.74) is 4.55. The third-order valence-electron chi connectivity index (χ3n) is 11.1. The Morgan fingerprint density at radius 1 is 1.00 bits per heavy atom. The van der Waals surface area contributed by atoms with Gasteiger partial charge in [-0.15, -0.1) is 6.58 Å². The van der Waals surface area contributed by atoms with Crippen LogP contribution in [-0.4, -0.2) is 5.78 Å². The van der Waals surface area contributed by atoms with Crippen LogP contribution in [0.2, 0.25) is 0 Å². The third-order valence-corrected chi connectivity index (χ3v) is 11.1. The minimum Gasteiger partial charge on any atom is -0.299 e. The second kappa shape index (κ2) is 6.83. The van der Waals surface area contributed by atoms with Gasteiger partial charge in [0.05, 0.1) is 0 Å². The van der Waals surface area contributed by atoms with Crippen molar-refractivity contribution in [1.29, 1.82) is 0 Å². The molecule has 2 saturated carbocycles. The smallest absolute Gasteiger partial charge is 0.138 e. The highest BCUT2D eigenvalue weighted by atomic mass is 16.1. The van der Waals surface area contributed by atoms with Crippen molar-refractivity contribution in [3.8, 4) is 0 Å². The monoisotopic (exact) mass is 396 g/mol. The molecule has 0 aromatic rings. The predicted molar refractivity (Wildman–Crippen MR) is 123 cm³/mol. The summed E-state index contributed by atoms with van der Waals surface area (Å²) >= 11 is 0. The average Bonchev–Trinajstić information content (AvgIpc) is 2.95. The van der Waals surface area contributed by atoms with Crippen LogP contribution in [-0.2, 0) is 4.79 Å². The van der Waals surface area contributed by atoms with E-state index in [1.165, 1.54) is 44.9 Å². The van der Waals surface area contributed by atoms with Crippen LogP contribution in [0, 0.1) is 39.4 Å². The Kier molecular flexibility index (Phi) is 5.03.